The van der Waals surface area contributed by atoms with Crippen molar-refractivity contribution in [2.75, 3.05) is 19.6 Å². The topological polar surface area (TPSA) is 72.9 Å². The van der Waals surface area contributed by atoms with Gasteiger partial charge in [0.1, 0.15) is 0 Å². The summed E-state index contributed by atoms with van der Waals surface area (Å²) in [7, 11) is 0. The number of aromatic nitrogens is 2. The number of fused-ring (bicyclic) bond motifs is 1. The standard InChI is InChI=1S/C16H22N4O2/c1-2-7-19-9-5-12(6-10-19)13-11-20-8-3-4-14(15(20)18-13)22-16(17)21/h3-4,8,11-12H,2,5-7,9-10H2,1H3,(H2,17,21). The summed E-state index contributed by atoms with van der Waals surface area (Å²) in [4.78, 5) is 18.2. The summed E-state index contributed by atoms with van der Waals surface area (Å²) in [6, 6.07) is 3.53. The predicted octanol–water partition coefficient (Wildman–Crippen LogP) is 2.38. The molecular formula is C16H22N4O2. The minimum atomic E-state index is -0.814. The molecule has 0 bridgehead atoms. The second-order valence-electron chi connectivity index (χ2n) is 5.81. The van der Waals surface area contributed by atoms with Gasteiger partial charge in [0, 0.05) is 18.3 Å². The predicted molar refractivity (Wildman–Crippen MR) is 84.1 cm³/mol. The van der Waals surface area contributed by atoms with Crippen LogP contribution in [0.1, 0.15) is 37.8 Å². The minimum Gasteiger partial charge on any atom is -0.406 e. The summed E-state index contributed by atoms with van der Waals surface area (Å²) in [5, 5.41) is 0. The number of carbonyl (C=O) groups excluding carboxylic acids is 1. The molecule has 6 heteroatoms. The maximum atomic E-state index is 11.0. The van der Waals surface area contributed by atoms with Crippen LogP contribution in [0.4, 0.5) is 4.79 Å². The number of carbonyl (C=O) groups is 1. The van der Waals surface area contributed by atoms with Gasteiger partial charge in [0.2, 0.25) is 0 Å². The van der Waals surface area contributed by atoms with Crippen molar-refractivity contribution < 1.29 is 9.53 Å². The van der Waals surface area contributed by atoms with Crippen LogP contribution in [-0.4, -0.2) is 40.0 Å². The third kappa shape index (κ3) is 3.06. The maximum Gasteiger partial charge on any atom is 0.410 e. The van der Waals surface area contributed by atoms with Crippen LogP contribution in [0.25, 0.3) is 5.65 Å². The molecule has 0 aliphatic carbocycles. The van der Waals surface area contributed by atoms with Gasteiger partial charge < -0.3 is 19.8 Å². The molecule has 0 radical (unpaired) electrons. The molecule has 2 N–H and O–H groups in total. The Labute approximate surface area is 129 Å². The number of ether oxygens (including phenoxy) is 1. The normalized spacial score (nSPS) is 17.0. The molecule has 1 amide bonds. The number of primary amides is 1. The van der Waals surface area contributed by atoms with Crippen LogP contribution >= 0.6 is 0 Å². The molecule has 2 aromatic heterocycles. The maximum absolute atomic E-state index is 11.0. The van der Waals surface area contributed by atoms with E-state index in [9.17, 15) is 4.79 Å². The molecule has 0 spiro atoms. The fraction of sp³-hybridized carbons (Fsp3) is 0.500. The Morgan fingerprint density at radius 1 is 1.45 bits per heavy atom. The third-order valence-electron chi connectivity index (χ3n) is 4.22. The molecule has 1 aliphatic heterocycles. The number of imidazole rings is 1. The lowest BCUT2D eigenvalue weighted by Crippen LogP contribution is -2.33. The van der Waals surface area contributed by atoms with Crippen molar-refractivity contribution >= 4 is 11.7 Å². The van der Waals surface area contributed by atoms with Crippen molar-refractivity contribution in [2.24, 2.45) is 5.73 Å². The zero-order valence-corrected chi connectivity index (χ0v) is 12.9. The fourth-order valence-corrected chi connectivity index (χ4v) is 3.16. The number of hydrogen-bond acceptors (Lipinski definition) is 4. The second-order valence-corrected chi connectivity index (χ2v) is 5.81. The number of rotatable bonds is 4. The van der Waals surface area contributed by atoms with E-state index in [0.717, 1.165) is 31.6 Å². The van der Waals surface area contributed by atoms with Gasteiger partial charge in [-0.25, -0.2) is 9.78 Å². The first-order chi connectivity index (χ1) is 10.7. The van der Waals surface area contributed by atoms with E-state index in [1.54, 1.807) is 6.07 Å². The molecule has 3 rings (SSSR count). The van der Waals surface area contributed by atoms with Crippen molar-refractivity contribution in [2.45, 2.75) is 32.1 Å². The van der Waals surface area contributed by atoms with E-state index in [4.69, 9.17) is 10.5 Å². The van der Waals surface area contributed by atoms with Gasteiger partial charge in [-0.05, 0) is 51.0 Å². The Hall–Kier alpha value is -2.08. The van der Waals surface area contributed by atoms with Crippen LogP contribution in [0.15, 0.2) is 24.5 Å². The Kier molecular flexibility index (Phi) is 4.29. The lowest BCUT2D eigenvalue weighted by atomic mass is 9.94. The summed E-state index contributed by atoms with van der Waals surface area (Å²) in [5.41, 5.74) is 6.82. The van der Waals surface area contributed by atoms with Crippen molar-refractivity contribution in [1.82, 2.24) is 14.3 Å². The zero-order valence-electron chi connectivity index (χ0n) is 12.9. The van der Waals surface area contributed by atoms with E-state index in [2.05, 4.69) is 16.8 Å². The molecule has 1 saturated heterocycles. The SMILES string of the molecule is CCCN1CCC(c2cn3cccc(OC(N)=O)c3n2)CC1. The van der Waals surface area contributed by atoms with Gasteiger partial charge in [-0.1, -0.05) is 6.92 Å². The van der Waals surface area contributed by atoms with E-state index in [0.29, 0.717) is 17.3 Å². The van der Waals surface area contributed by atoms with Crippen molar-refractivity contribution in [1.29, 1.82) is 0 Å². The fourth-order valence-electron chi connectivity index (χ4n) is 3.16. The smallest absolute Gasteiger partial charge is 0.406 e. The highest BCUT2D eigenvalue weighted by molar-refractivity contribution is 5.71. The van der Waals surface area contributed by atoms with Crippen molar-refractivity contribution in [3.8, 4) is 5.75 Å². The number of nitrogens with two attached hydrogens (primary N) is 1. The molecule has 0 unspecified atom stereocenters. The lowest BCUT2D eigenvalue weighted by molar-refractivity contribution is 0.211. The third-order valence-corrected chi connectivity index (χ3v) is 4.22. The number of pyridine rings is 1. The summed E-state index contributed by atoms with van der Waals surface area (Å²) in [6.45, 7) is 5.64. The van der Waals surface area contributed by atoms with E-state index in [1.807, 2.05) is 22.9 Å². The summed E-state index contributed by atoms with van der Waals surface area (Å²) < 4.78 is 6.92. The number of piperidine rings is 1. The molecule has 0 aromatic carbocycles. The molecule has 2 aromatic rings. The van der Waals surface area contributed by atoms with Crippen LogP contribution in [0.5, 0.6) is 5.75 Å². The van der Waals surface area contributed by atoms with E-state index >= 15 is 0 Å². The first kappa shape index (κ1) is 14.8. The molecule has 0 saturated carbocycles. The van der Waals surface area contributed by atoms with Gasteiger partial charge >= 0.3 is 6.09 Å². The van der Waals surface area contributed by atoms with Crippen molar-refractivity contribution in [3.05, 3.63) is 30.2 Å². The van der Waals surface area contributed by atoms with E-state index in [1.165, 1.54) is 13.0 Å². The summed E-state index contributed by atoms with van der Waals surface area (Å²) >= 11 is 0. The number of nitrogens with zero attached hydrogens (tertiary/aromatic N) is 3. The highest BCUT2D eigenvalue weighted by Crippen LogP contribution is 2.29. The van der Waals surface area contributed by atoms with Gasteiger partial charge in [0.15, 0.2) is 11.4 Å². The number of amides is 1. The highest BCUT2D eigenvalue weighted by atomic mass is 16.5. The van der Waals surface area contributed by atoms with Crippen molar-refractivity contribution in [3.63, 3.8) is 0 Å². The van der Waals surface area contributed by atoms with E-state index in [-0.39, 0.29) is 0 Å². The van der Waals surface area contributed by atoms with Crippen LogP contribution in [0, 0.1) is 0 Å². The Morgan fingerprint density at radius 3 is 2.91 bits per heavy atom. The molecule has 1 aliphatic rings. The Bertz CT molecular complexity index is 659. The molecule has 22 heavy (non-hydrogen) atoms. The first-order valence-corrected chi connectivity index (χ1v) is 7.84. The molecular weight excluding hydrogens is 280 g/mol. The lowest BCUT2D eigenvalue weighted by Gasteiger charge is -2.30. The molecule has 0 atom stereocenters. The van der Waals surface area contributed by atoms with E-state index < -0.39 is 6.09 Å². The average molecular weight is 302 g/mol. The highest BCUT2D eigenvalue weighted by Gasteiger charge is 2.23. The molecule has 6 nitrogen and oxygen atoms in total. The zero-order chi connectivity index (χ0) is 15.5. The monoisotopic (exact) mass is 302 g/mol. The van der Waals surface area contributed by atoms with Gasteiger partial charge in [-0.15, -0.1) is 0 Å². The van der Waals surface area contributed by atoms with Gasteiger partial charge in [-0.3, -0.25) is 0 Å². The van der Waals surface area contributed by atoms with Gasteiger partial charge in [0.05, 0.1) is 5.69 Å². The Balaban J connectivity index is 1.79. The number of hydrogen-bond donors (Lipinski definition) is 1. The van der Waals surface area contributed by atoms with Crippen LogP contribution in [0.2, 0.25) is 0 Å². The summed E-state index contributed by atoms with van der Waals surface area (Å²) in [6.07, 6.45) is 6.57. The second kappa shape index (κ2) is 6.36. The molecule has 118 valence electrons. The van der Waals surface area contributed by atoms with Gasteiger partial charge in [0.25, 0.3) is 0 Å². The van der Waals surface area contributed by atoms with Crippen LogP contribution < -0.4 is 10.5 Å². The number of likely N-dealkylation sites (tertiary alicyclic amines) is 1. The summed E-state index contributed by atoms with van der Waals surface area (Å²) in [5.74, 6) is 0.874. The molecule has 1 fully saturated rings. The average Bonchev–Trinajstić information content (AvgIpc) is 2.93. The van der Waals surface area contributed by atoms with Crippen LogP contribution in [0.3, 0.4) is 0 Å². The van der Waals surface area contributed by atoms with Crippen LogP contribution in [-0.2, 0) is 0 Å². The quantitative estimate of drug-likeness (QED) is 0.941. The van der Waals surface area contributed by atoms with Gasteiger partial charge in [-0.2, -0.15) is 0 Å². The minimum absolute atomic E-state index is 0.407. The Morgan fingerprint density at radius 2 is 2.23 bits per heavy atom. The first-order valence-electron chi connectivity index (χ1n) is 7.84. The molecule has 3 heterocycles. The largest absolute Gasteiger partial charge is 0.410 e.